The van der Waals surface area contributed by atoms with E-state index in [9.17, 15) is 4.79 Å². The monoisotopic (exact) mass is 934 g/mol. The molecule has 6 aromatic carbocycles. The van der Waals surface area contributed by atoms with Gasteiger partial charge in [0.1, 0.15) is 0 Å². The average Bonchev–Trinajstić information content (AvgIpc) is 4.17. The van der Waals surface area contributed by atoms with Crippen LogP contribution in [-0.4, -0.2) is 23.0 Å². The number of hydrogen-bond donors (Lipinski definition) is 0. The number of esters is 1. The first-order valence-corrected chi connectivity index (χ1v) is 25.0. The van der Waals surface area contributed by atoms with E-state index in [2.05, 4.69) is 209 Å². The summed E-state index contributed by atoms with van der Waals surface area (Å²) in [6.07, 6.45) is 7.03. The molecule has 0 fully saturated rings. The van der Waals surface area contributed by atoms with Gasteiger partial charge in [0.05, 0.1) is 18.5 Å². The maximum atomic E-state index is 11.8. The molecule has 8 heteroatoms. The number of aryl methyl sites for hydroxylation is 2. The summed E-state index contributed by atoms with van der Waals surface area (Å²) < 4.78 is 4.86. The molecule has 0 unspecified atom stereocenters. The average molecular weight is 935 g/mol. The van der Waals surface area contributed by atoms with Crippen LogP contribution in [0.1, 0.15) is 30.9 Å². The van der Waals surface area contributed by atoms with E-state index in [1.54, 1.807) is 22.7 Å². The Labute approximate surface area is 412 Å². The van der Waals surface area contributed by atoms with E-state index in [1.807, 2.05) is 24.5 Å². The van der Waals surface area contributed by atoms with E-state index in [0.717, 1.165) is 86.2 Å². The van der Waals surface area contributed by atoms with Crippen LogP contribution in [0.3, 0.4) is 0 Å². The molecule has 0 saturated heterocycles. The van der Waals surface area contributed by atoms with Gasteiger partial charge in [0.2, 0.25) is 0 Å². The number of hydrogen-bond acceptors (Lipinski definition) is 8. The molecular formula is C61H50N4O2S2. The van der Waals surface area contributed by atoms with Crippen molar-refractivity contribution in [1.29, 1.82) is 0 Å². The van der Waals surface area contributed by atoms with Gasteiger partial charge in [0, 0.05) is 73.8 Å². The van der Waals surface area contributed by atoms with Crippen molar-refractivity contribution < 1.29 is 9.53 Å². The predicted molar refractivity (Wildman–Crippen MR) is 289 cm³/mol. The Morgan fingerprint density at radius 2 is 0.783 bits per heavy atom. The van der Waals surface area contributed by atoms with E-state index in [-0.39, 0.29) is 5.97 Å². The molecule has 0 N–H and O–H groups in total. The summed E-state index contributed by atoms with van der Waals surface area (Å²) in [4.78, 5) is 28.6. The minimum absolute atomic E-state index is 0.208. The quantitative estimate of drug-likeness (QED) is 0.0900. The van der Waals surface area contributed by atoms with Crippen molar-refractivity contribution in [2.75, 3.05) is 16.9 Å². The van der Waals surface area contributed by atoms with Gasteiger partial charge in [-0.05, 0) is 154 Å². The zero-order valence-corrected chi connectivity index (χ0v) is 40.2. The van der Waals surface area contributed by atoms with Crippen LogP contribution in [0.25, 0.3) is 54.5 Å². The number of rotatable bonds is 16. The maximum absolute atomic E-state index is 11.8. The Balaban J connectivity index is 0.848. The van der Waals surface area contributed by atoms with Crippen LogP contribution in [0.5, 0.6) is 0 Å². The Morgan fingerprint density at radius 3 is 1.10 bits per heavy atom. The molecule has 0 amide bonds. The van der Waals surface area contributed by atoms with Crippen molar-refractivity contribution in [1.82, 2.24) is 9.97 Å². The molecule has 338 valence electrons. The number of aromatic nitrogens is 2. The SMILES string of the molecule is CCCc1ccc(N(c2ccc(-c3ccc(-c4ccc(-c5ccc(N(c6ccc(CCC(=O)OC)cc6)c6ccc(-c7cccs7)cc6)cc5)cn4)nc3)cc2)c2ccc(-c3cccs3)cc2)cc1. The van der Waals surface area contributed by atoms with E-state index in [4.69, 9.17) is 14.7 Å². The molecule has 0 saturated carbocycles. The second kappa shape index (κ2) is 20.9. The second-order valence-electron chi connectivity index (χ2n) is 16.8. The van der Waals surface area contributed by atoms with Gasteiger partial charge in [-0.25, -0.2) is 0 Å². The predicted octanol–water partition coefficient (Wildman–Crippen LogP) is 16.9. The molecule has 10 rings (SSSR count). The lowest BCUT2D eigenvalue weighted by atomic mass is 10.0. The van der Waals surface area contributed by atoms with E-state index in [1.165, 1.54) is 33.6 Å². The van der Waals surface area contributed by atoms with Crippen molar-refractivity contribution in [3.05, 3.63) is 228 Å². The number of thiophene rings is 2. The molecule has 0 aliphatic rings. The lowest BCUT2D eigenvalue weighted by Crippen LogP contribution is -2.10. The number of anilines is 6. The summed E-state index contributed by atoms with van der Waals surface area (Å²) in [5.74, 6) is -0.208. The molecule has 0 aliphatic carbocycles. The number of carbonyl (C=O) groups is 1. The normalized spacial score (nSPS) is 11.0. The van der Waals surface area contributed by atoms with Crippen LogP contribution in [0.4, 0.5) is 34.1 Å². The van der Waals surface area contributed by atoms with Crippen molar-refractivity contribution >= 4 is 62.8 Å². The number of methoxy groups -OCH3 is 1. The summed E-state index contributed by atoms with van der Waals surface area (Å²) in [7, 11) is 1.43. The van der Waals surface area contributed by atoms with Crippen LogP contribution >= 0.6 is 22.7 Å². The van der Waals surface area contributed by atoms with Gasteiger partial charge in [-0.3, -0.25) is 14.8 Å². The molecule has 6 nitrogen and oxygen atoms in total. The van der Waals surface area contributed by atoms with E-state index in [0.29, 0.717) is 12.8 Å². The Morgan fingerprint density at radius 1 is 0.435 bits per heavy atom. The van der Waals surface area contributed by atoms with E-state index < -0.39 is 0 Å². The van der Waals surface area contributed by atoms with E-state index >= 15 is 0 Å². The van der Waals surface area contributed by atoms with Gasteiger partial charge < -0.3 is 14.5 Å². The van der Waals surface area contributed by atoms with Crippen LogP contribution in [0.2, 0.25) is 0 Å². The molecule has 0 spiro atoms. The highest BCUT2D eigenvalue weighted by molar-refractivity contribution is 7.13. The lowest BCUT2D eigenvalue weighted by molar-refractivity contribution is -0.140. The summed E-state index contributed by atoms with van der Waals surface area (Å²) in [5, 5.41) is 4.22. The molecule has 4 aromatic heterocycles. The van der Waals surface area contributed by atoms with Crippen LogP contribution < -0.4 is 9.80 Å². The van der Waals surface area contributed by atoms with Gasteiger partial charge in [0.25, 0.3) is 0 Å². The molecule has 4 heterocycles. The zero-order valence-electron chi connectivity index (χ0n) is 38.5. The topological polar surface area (TPSA) is 58.6 Å². The fourth-order valence-corrected chi connectivity index (χ4v) is 10.1. The summed E-state index contributed by atoms with van der Waals surface area (Å²) in [6.45, 7) is 2.22. The van der Waals surface area contributed by atoms with Gasteiger partial charge in [-0.15, -0.1) is 22.7 Å². The molecule has 0 radical (unpaired) electrons. The molecule has 69 heavy (non-hydrogen) atoms. The highest BCUT2D eigenvalue weighted by Crippen LogP contribution is 2.40. The molecule has 10 aromatic rings. The Hall–Kier alpha value is -7.91. The number of benzene rings is 6. The number of pyridine rings is 2. The van der Waals surface area contributed by atoms with Crippen molar-refractivity contribution in [3.63, 3.8) is 0 Å². The van der Waals surface area contributed by atoms with Gasteiger partial charge in [0.15, 0.2) is 0 Å². The summed E-state index contributed by atoms with van der Waals surface area (Å²) in [6, 6.07) is 69.0. The minimum Gasteiger partial charge on any atom is -0.469 e. The molecular weight excluding hydrogens is 885 g/mol. The van der Waals surface area contributed by atoms with Gasteiger partial charge in [-0.2, -0.15) is 0 Å². The highest BCUT2D eigenvalue weighted by Gasteiger charge is 2.16. The summed E-state index contributed by atoms with van der Waals surface area (Å²) in [5.41, 5.74) is 17.1. The Kier molecular flexibility index (Phi) is 13.6. The largest absolute Gasteiger partial charge is 0.469 e. The number of nitrogens with zero attached hydrogens (tertiary/aromatic N) is 4. The lowest BCUT2D eigenvalue weighted by Gasteiger charge is -2.26. The van der Waals surface area contributed by atoms with Crippen molar-refractivity contribution in [3.8, 4) is 54.5 Å². The van der Waals surface area contributed by atoms with Gasteiger partial charge >= 0.3 is 5.97 Å². The number of carbonyl (C=O) groups excluding carboxylic acids is 1. The third kappa shape index (κ3) is 10.3. The Bertz CT molecular complexity index is 3210. The highest BCUT2D eigenvalue weighted by atomic mass is 32.1. The third-order valence-corrected chi connectivity index (χ3v) is 14.2. The van der Waals surface area contributed by atoms with Crippen molar-refractivity contribution in [2.45, 2.75) is 32.6 Å². The maximum Gasteiger partial charge on any atom is 0.305 e. The smallest absolute Gasteiger partial charge is 0.305 e. The third-order valence-electron chi connectivity index (χ3n) is 12.3. The van der Waals surface area contributed by atoms with Gasteiger partial charge in [-0.1, -0.05) is 110 Å². The fraction of sp³-hybridized carbons (Fsp3) is 0.0984. The second-order valence-corrected chi connectivity index (χ2v) is 18.7. The number of ether oxygens (including phenoxy) is 1. The van der Waals surface area contributed by atoms with Crippen molar-refractivity contribution in [2.24, 2.45) is 0 Å². The molecule has 0 bridgehead atoms. The fourth-order valence-electron chi connectivity index (χ4n) is 8.63. The molecule has 0 atom stereocenters. The zero-order chi connectivity index (χ0) is 46.9. The summed E-state index contributed by atoms with van der Waals surface area (Å²) >= 11 is 3.49. The van der Waals surface area contributed by atoms with Crippen LogP contribution in [-0.2, 0) is 22.4 Å². The van der Waals surface area contributed by atoms with Crippen LogP contribution in [0, 0.1) is 0 Å². The first-order valence-electron chi connectivity index (χ1n) is 23.3. The first kappa shape index (κ1) is 44.9. The standard InChI is InChI=1S/C61H50N4O2S2/c1-3-6-43-9-24-51(25-10-43)64(55-32-18-47(19-33-55)59-7-4-39-68-59)53-28-14-45(15-29-53)49-22-36-57(62-41-49)58-37-23-50(42-63-58)46-16-30-54(31-17-46)65(52-26-11-44(12-27-52)13-38-61(66)67-2)56-34-20-48(21-35-56)60-8-5-40-69-60/h4-5,7-12,14-37,39-42H,3,6,13,38H2,1-2H3. The van der Waals surface area contributed by atoms with Crippen LogP contribution in [0.15, 0.2) is 217 Å². The minimum atomic E-state index is -0.208. The molecule has 0 aliphatic heterocycles. The first-order chi connectivity index (χ1) is 34.0.